The Morgan fingerprint density at radius 2 is 2.09 bits per heavy atom. The van der Waals surface area contributed by atoms with Crippen molar-refractivity contribution in [2.24, 2.45) is 0 Å². The Kier molecular flexibility index (Phi) is 8.83. The number of halogens is 3. The lowest BCUT2D eigenvalue weighted by Crippen LogP contribution is -2.35. The zero-order valence-corrected chi connectivity index (χ0v) is 20.3. The number of carboxylic acid groups (broad SMARTS) is 1. The van der Waals surface area contributed by atoms with Crippen LogP contribution in [0.3, 0.4) is 0 Å². The third kappa shape index (κ3) is 6.23. The molecular formula is C25H26Cl2FNO5. The fourth-order valence-electron chi connectivity index (χ4n) is 3.88. The largest absolute Gasteiger partial charge is 0.492 e. The number of benzene rings is 2. The number of aliphatic carboxylic acids is 1. The summed E-state index contributed by atoms with van der Waals surface area (Å²) in [4.78, 5) is 13.3. The molecule has 34 heavy (non-hydrogen) atoms. The van der Waals surface area contributed by atoms with E-state index in [1.807, 2.05) is 17.9 Å². The highest BCUT2D eigenvalue weighted by Crippen LogP contribution is 2.34. The van der Waals surface area contributed by atoms with E-state index in [0.29, 0.717) is 66.1 Å². The second-order valence-corrected chi connectivity index (χ2v) is 8.34. The first kappa shape index (κ1) is 25.9. The predicted octanol–water partition coefficient (Wildman–Crippen LogP) is 5.37. The topological polar surface area (TPSA) is 68.2 Å². The maximum absolute atomic E-state index is 14.8. The molecule has 0 saturated heterocycles. The first-order valence-electron chi connectivity index (χ1n) is 10.8. The van der Waals surface area contributed by atoms with Gasteiger partial charge in [-0.3, -0.25) is 4.90 Å². The van der Waals surface area contributed by atoms with Crippen molar-refractivity contribution in [2.45, 2.75) is 20.0 Å². The second-order valence-electron chi connectivity index (χ2n) is 7.93. The van der Waals surface area contributed by atoms with Crippen LogP contribution in [-0.2, 0) is 11.4 Å². The number of carboxylic acids is 1. The SMILES string of the molecule is CCOc1ccc(COc2cc(F)c3c(c2)OCC(CN2CCC=C(C(=O)O)C2)=C3)cc1Cl.Cl. The molecule has 0 unspecified atom stereocenters. The van der Waals surface area contributed by atoms with E-state index >= 15 is 0 Å². The minimum atomic E-state index is -0.898. The Labute approximate surface area is 209 Å². The van der Waals surface area contributed by atoms with Gasteiger partial charge in [0.25, 0.3) is 0 Å². The van der Waals surface area contributed by atoms with Crippen LogP contribution in [0.4, 0.5) is 4.39 Å². The van der Waals surface area contributed by atoms with Gasteiger partial charge in [0, 0.05) is 37.3 Å². The van der Waals surface area contributed by atoms with Crippen LogP contribution < -0.4 is 14.2 Å². The normalized spacial score (nSPS) is 15.3. The molecule has 2 aliphatic heterocycles. The standard InChI is InChI=1S/C25H25ClFNO5.ClH/c1-2-31-23-6-5-16(9-21(23)26)14-32-19-10-22(27)20-8-17(15-33-24(20)11-19)12-28-7-3-4-18(13-28)25(29)30;/h4-6,8-11H,2-3,7,12-15H2,1H3,(H,29,30);1H. The lowest BCUT2D eigenvalue weighted by molar-refractivity contribution is -0.133. The van der Waals surface area contributed by atoms with Crippen LogP contribution in [0.2, 0.25) is 5.02 Å². The molecule has 2 aromatic carbocycles. The van der Waals surface area contributed by atoms with Gasteiger partial charge in [0.05, 0.1) is 17.2 Å². The van der Waals surface area contributed by atoms with Crippen LogP contribution in [0.5, 0.6) is 17.2 Å². The molecule has 2 aliphatic rings. The maximum atomic E-state index is 14.8. The number of fused-ring (bicyclic) bond motifs is 1. The molecule has 0 saturated carbocycles. The van der Waals surface area contributed by atoms with Crippen LogP contribution in [0.15, 0.2) is 47.6 Å². The third-order valence-corrected chi connectivity index (χ3v) is 5.76. The highest BCUT2D eigenvalue weighted by atomic mass is 35.5. The van der Waals surface area contributed by atoms with Crippen molar-refractivity contribution in [3.8, 4) is 17.2 Å². The lowest BCUT2D eigenvalue weighted by atomic mass is 10.0. The Morgan fingerprint density at radius 3 is 2.82 bits per heavy atom. The summed E-state index contributed by atoms with van der Waals surface area (Å²) in [5.41, 5.74) is 2.49. The van der Waals surface area contributed by atoms with Gasteiger partial charge in [-0.2, -0.15) is 0 Å². The van der Waals surface area contributed by atoms with Crippen molar-refractivity contribution in [2.75, 3.05) is 32.8 Å². The van der Waals surface area contributed by atoms with Crippen LogP contribution in [0, 0.1) is 5.82 Å². The average Bonchev–Trinajstić information content (AvgIpc) is 2.80. The highest BCUT2D eigenvalue weighted by Gasteiger charge is 2.22. The Hall–Kier alpha value is -2.74. The molecule has 0 spiro atoms. The number of ether oxygens (including phenoxy) is 3. The lowest BCUT2D eigenvalue weighted by Gasteiger charge is -2.28. The number of hydrogen-bond donors (Lipinski definition) is 1. The number of carbonyl (C=O) groups is 1. The zero-order valence-electron chi connectivity index (χ0n) is 18.7. The quantitative estimate of drug-likeness (QED) is 0.515. The third-order valence-electron chi connectivity index (χ3n) is 5.46. The summed E-state index contributed by atoms with van der Waals surface area (Å²) in [6, 6.07) is 8.41. The minimum Gasteiger partial charge on any atom is -0.492 e. The Morgan fingerprint density at radius 1 is 1.26 bits per heavy atom. The molecule has 0 aliphatic carbocycles. The van der Waals surface area contributed by atoms with Crippen molar-refractivity contribution < 1.29 is 28.5 Å². The first-order chi connectivity index (χ1) is 15.9. The molecule has 0 fully saturated rings. The summed E-state index contributed by atoms with van der Waals surface area (Å²) in [6.45, 7) is 4.60. The van der Waals surface area contributed by atoms with Gasteiger partial charge in [-0.25, -0.2) is 9.18 Å². The molecule has 1 N–H and O–H groups in total. The van der Waals surface area contributed by atoms with Crippen LogP contribution in [0.1, 0.15) is 24.5 Å². The van der Waals surface area contributed by atoms with E-state index in [9.17, 15) is 14.3 Å². The fourth-order valence-corrected chi connectivity index (χ4v) is 4.13. The maximum Gasteiger partial charge on any atom is 0.332 e. The smallest absolute Gasteiger partial charge is 0.332 e. The van der Waals surface area contributed by atoms with E-state index in [4.69, 9.17) is 25.8 Å². The van der Waals surface area contributed by atoms with Crippen molar-refractivity contribution >= 4 is 36.1 Å². The van der Waals surface area contributed by atoms with Crippen LogP contribution in [-0.4, -0.2) is 48.8 Å². The summed E-state index contributed by atoms with van der Waals surface area (Å²) in [7, 11) is 0. The highest BCUT2D eigenvalue weighted by molar-refractivity contribution is 6.32. The molecule has 4 rings (SSSR count). The van der Waals surface area contributed by atoms with E-state index < -0.39 is 11.8 Å². The first-order valence-corrected chi connectivity index (χ1v) is 11.1. The minimum absolute atomic E-state index is 0. The Balaban J connectivity index is 0.00000324. The summed E-state index contributed by atoms with van der Waals surface area (Å²) >= 11 is 6.21. The molecule has 2 heterocycles. The monoisotopic (exact) mass is 509 g/mol. The molecule has 182 valence electrons. The van der Waals surface area contributed by atoms with Crippen LogP contribution in [0.25, 0.3) is 6.08 Å². The average molecular weight is 510 g/mol. The molecule has 0 radical (unpaired) electrons. The number of hydrogen-bond acceptors (Lipinski definition) is 5. The number of nitrogens with zero attached hydrogens (tertiary/aromatic N) is 1. The molecule has 6 nitrogen and oxygen atoms in total. The zero-order chi connectivity index (χ0) is 23.4. The molecule has 0 atom stereocenters. The van der Waals surface area contributed by atoms with Gasteiger partial charge in [-0.1, -0.05) is 23.7 Å². The van der Waals surface area contributed by atoms with Gasteiger partial charge in [-0.15, -0.1) is 12.4 Å². The van der Waals surface area contributed by atoms with E-state index in [1.165, 1.54) is 6.07 Å². The number of rotatable bonds is 8. The van der Waals surface area contributed by atoms with Crippen molar-refractivity contribution in [1.82, 2.24) is 4.90 Å². The molecule has 0 bridgehead atoms. The molecule has 0 amide bonds. The van der Waals surface area contributed by atoms with Gasteiger partial charge in [0.2, 0.25) is 0 Å². The van der Waals surface area contributed by atoms with Crippen molar-refractivity contribution in [3.05, 3.63) is 69.5 Å². The van der Waals surface area contributed by atoms with Crippen molar-refractivity contribution in [1.29, 1.82) is 0 Å². The summed E-state index contributed by atoms with van der Waals surface area (Å²) in [5.74, 6) is 0.0568. The summed E-state index contributed by atoms with van der Waals surface area (Å²) in [5, 5.41) is 9.71. The van der Waals surface area contributed by atoms with Gasteiger partial charge in [-0.05, 0) is 42.7 Å². The second kappa shape index (κ2) is 11.6. The molecule has 2 aromatic rings. The van der Waals surface area contributed by atoms with E-state index in [-0.39, 0.29) is 19.0 Å². The van der Waals surface area contributed by atoms with E-state index in [0.717, 1.165) is 17.7 Å². The van der Waals surface area contributed by atoms with Gasteiger partial charge in [0.15, 0.2) is 0 Å². The van der Waals surface area contributed by atoms with Gasteiger partial charge in [0.1, 0.15) is 36.3 Å². The summed E-state index contributed by atoms with van der Waals surface area (Å²) in [6.07, 6.45) is 4.21. The van der Waals surface area contributed by atoms with Crippen molar-refractivity contribution in [3.63, 3.8) is 0 Å². The molecule has 0 aromatic heterocycles. The molecule has 9 heteroatoms. The van der Waals surface area contributed by atoms with E-state index in [1.54, 1.807) is 30.4 Å². The predicted molar refractivity (Wildman–Crippen MR) is 131 cm³/mol. The molecular weight excluding hydrogens is 484 g/mol. The Bertz CT molecular complexity index is 1120. The fraction of sp³-hybridized carbons (Fsp3) is 0.320. The van der Waals surface area contributed by atoms with Gasteiger partial charge < -0.3 is 19.3 Å². The van der Waals surface area contributed by atoms with E-state index in [2.05, 4.69) is 0 Å². The van der Waals surface area contributed by atoms with Gasteiger partial charge >= 0.3 is 5.97 Å². The summed E-state index contributed by atoms with van der Waals surface area (Å²) < 4.78 is 31.8. The van der Waals surface area contributed by atoms with Crippen LogP contribution >= 0.6 is 24.0 Å².